The van der Waals surface area contributed by atoms with Crippen molar-refractivity contribution in [3.05, 3.63) is 41.9 Å². The summed E-state index contributed by atoms with van der Waals surface area (Å²) in [6.45, 7) is 3.81. The first-order valence-electron chi connectivity index (χ1n) is 6.60. The van der Waals surface area contributed by atoms with E-state index in [9.17, 15) is 13.2 Å². The fourth-order valence-corrected chi connectivity index (χ4v) is 2.96. The normalized spacial score (nSPS) is 11.6. The number of nitrogens with zero attached hydrogens (tertiary/aromatic N) is 2. The summed E-state index contributed by atoms with van der Waals surface area (Å²) in [4.78, 5) is 17.7. The first kappa shape index (κ1) is 16.0. The van der Waals surface area contributed by atoms with E-state index >= 15 is 0 Å². The van der Waals surface area contributed by atoms with Crippen LogP contribution in [0.4, 0.5) is 5.69 Å². The number of hydrogen-bond donors (Lipinski definition) is 2. The van der Waals surface area contributed by atoms with Crippen molar-refractivity contribution in [2.24, 2.45) is 0 Å². The summed E-state index contributed by atoms with van der Waals surface area (Å²) in [7, 11) is -2.37. The van der Waals surface area contributed by atoms with Gasteiger partial charge < -0.3 is 10.1 Å². The molecule has 0 saturated heterocycles. The van der Waals surface area contributed by atoms with Crippen LogP contribution in [0.2, 0.25) is 0 Å². The van der Waals surface area contributed by atoms with Gasteiger partial charge in [0.25, 0.3) is 10.0 Å². The van der Waals surface area contributed by atoms with Gasteiger partial charge in [-0.1, -0.05) is 13.8 Å². The zero-order valence-corrected chi connectivity index (χ0v) is 13.3. The van der Waals surface area contributed by atoms with Crippen LogP contribution < -0.4 is 4.31 Å². The van der Waals surface area contributed by atoms with E-state index in [1.54, 1.807) is 0 Å². The third-order valence-corrected chi connectivity index (χ3v) is 4.93. The van der Waals surface area contributed by atoms with Crippen LogP contribution in [0.15, 0.2) is 35.5 Å². The molecule has 0 atom stereocenters. The SMILES string of the molecule is CC(C)c1ncc(S(=O)(=O)N(C)c2ccc(C(=O)O)cc2)[nH]1. The minimum absolute atomic E-state index is 0.000936. The van der Waals surface area contributed by atoms with Crippen LogP contribution in [0, 0.1) is 0 Å². The molecule has 7 nitrogen and oxygen atoms in total. The molecule has 2 aromatic rings. The Morgan fingerprint density at radius 1 is 1.27 bits per heavy atom. The fourth-order valence-electron chi connectivity index (χ4n) is 1.84. The van der Waals surface area contributed by atoms with Crippen molar-refractivity contribution in [2.45, 2.75) is 24.8 Å². The molecule has 0 fully saturated rings. The van der Waals surface area contributed by atoms with Crippen LogP contribution in [0.3, 0.4) is 0 Å². The lowest BCUT2D eigenvalue weighted by molar-refractivity contribution is 0.0697. The van der Waals surface area contributed by atoms with E-state index in [2.05, 4.69) is 9.97 Å². The Balaban J connectivity index is 2.33. The fraction of sp³-hybridized carbons (Fsp3) is 0.286. The summed E-state index contributed by atoms with van der Waals surface area (Å²) < 4.78 is 26.1. The van der Waals surface area contributed by atoms with E-state index in [1.165, 1.54) is 37.5 Å². The van der Waals surface area contributed by atoms with Crippen molar-refractivity contribution in [2.75, 3.05) is 11.4 Å². The third-order valence-electron chi connectivity index (χ3n) is 3.24. The summed E-state index contributed by atoms with van der Waals surface area (Å²) in [6.07, 6.45) is 1.28. The largest absolute Gasteiger partial charge is 0.478 e. The van der Waals surface area contributed by atoms with Gasteiger partial charge in [-0.25, -0.2) is 9.78 Å². The van der Waals surface area contributed by atoms with Crippen molar-refractivity contribution in [1.29, 1.82) is 0 Å². The molecule has 0 aliphatic carbocycles. The molecule has 0 saturated carbocycles. The van der Waals surface area contributed by atoms with Crippen molar-refractivity contribution >= 4 is 21.7 Å². The summed E-state index contributed by atoms with van der Waals surface area (Å²) in [5.74, 6) is -0.385. The lowest BCUT2D eigenvalue weighted by Crippen LogP contribution is -2.26. The maximum atomic E-state index is 12.5. The van der Waals surface area contributed by atoms with Crippen LogP contribution in [-0.4, -0.2) is 36.5 Å². The average Bonchev–Trinajstić information content (AvgIpc) is 2.97. The summed E-state index contributed by atoms with van der Waals surface area (Å²) in [5, 5.41) is 8.86. The summed E-state index contributed by atoms with van der Waals surface area (Å²) in [6, 6.07) is 5.60. The number of carbonyl (C=O) groups is 1. The van der Waals surface area contributed by atoms with Gasteiger partial charge in [0.15, 0.2) is 5.03 Å². The molecule has 1 aromatic heterocycles. The topological polar surface area (TPSA) is 103 Å². The molecule has 0 radical (unpaired) electrons. The number of H-pyrrole nitrogens is 1. The Morgan fingerprint density at radius 3 is 2.32 bits per heavy atom. The van der Waals surface area contributed by atoms with Gasteiger partial charge >= 0.3 is 5.97 Å². The Hall–Kier alpha value is -2.35. The maximum Gasteiger partial charge on any atom is 0.335 e. The highest BCUT2D eigenvalue weighted by Crippen LogP contribution is 2.22. The first-order valence-corrected chi connectivity index (χ1v) is 8.04. The van der Waals surface area contributed by atoms with Crippen molar-refractivity contribution in [1.82, 2.24) is 9.97 Å². The number of aromatic amines is 1. The quantitative estimate of drug-likeness (QED) is 0.876. The highest BCUT2D eigenvalue weighted by atomic mass is 32.2. The minimum Gasteiger partial charge on any atom is -0.478 e. The summed E-state index contributed by atoms with van der Waals surface area (Å²) >= 11 is 0. The Labute approximate surface area is 128 Å². The van der Waals surface area contributed by atoms with Gasteiger partial charge in [0.1, 0.15) is 5.82 Å². The molecule has 0 spiro atoms. The lowest BCUT2D eigenvalue weighted by atomic mass is 10.2. The van der Waals surface area contributed by atoms with E-state index in [0.717, 1.165) is 4.31 Å². The van der Waals surface area contributed by atoms with Crippen LogP contribution >= 0.6 is 0 Å². The maximum absolute atomic E-state index is 12.5. The molecule has 1 heterocycles. The Kier molecular flexibility index (Phi) is 4.23. The molecular formula is C14H17N3O4S. The van der Waals surface area contributed by atoms with Crippen LogP contribution in [-0.2, 0) is 10.0 Å². The molecule has 0 aliphatic heterocycles. The highest BCUT2D eigenvalue weighted by molar-refractivity contribution is 7.92. The van der Waals surface area contributed by atoms with Gasteiger partial charge in [-0.05, 0) is 24.3 Å². The van der Waals surface area contributed by atoms with Gasteiger partial charge in [-0.15, -0.1) is 0 Å². The van der Waals surface area contributed by atoms with Crippen molar-refractivity contribution in [3.8, 4) is 0 Å². The standard InChI is InChI=1S/C14H17N3O4S/c1-9(2)13-15-8-12(16-13)22(20,21)17(3)11-6-4-10(5-7-11)14(18)19/h4-9H,1-3H3,(H,15,16)(H,18,19). The van der Waals surface area contributed by atoms with Crippen molar-refractivity contribution in [3.63, 3.8) is 0 Å². The number of carboxylic acids is 1. The van der Waals surface area contributed by atoms with Crippen molar-refractivity contribution < 1.29 is 18.3 Å². The molecule has 2 N–H and O–H groups in total. The minimum atomic E-state index is -3.77. The van der Waals surface area contributed by atoms with Gasteiger partial charge in [0.2, 0.25) is 0 Å². The van der Waals surface area contributed by atoms with E-state index < -0.39 is 16.0 Å². The molecule has 2 rings (SSSR count). The van der Waals surface area contributed by atoms with E-state index in [4.69, 9.17) is 5.11 Å². The molecule has 0 unspecified atom stereocenters. The molecule has 8 heteroatoms. The second-order valence-electron chi connectivity index (χ2n) is 5.11. The second kappa shape index (κ2) is 5.80. The number of nitrogens with one attached hydrogen (secondary N) is 1. The van der Waals surface area contributed by atoms with Crippen LogP contribution in [0.5, 0.6) is 0 Å². The molecular weight excluding hydrogens is 306 g/mol. The van der Waals surface area contributed by atoms with Gasteiger partial charge in [-0.3, -0.25) is 4.31 Å². The number of hydrogen-bond acceptors (Lipinski definition) is 4. The number of rotatable bonds is 5. The molecule has 0 amide bonds. The van der Waals surface area contributed by atoms with E-state index in [-0.39, 0.29) is 16.5 Å². The number of aromatic carboxylic acids is 1. The number of imidazole rings is 1. The van der Waals surface area contributed by atoms with Crippen LogP contribution in [0.1, 0.15) is 35.9 Å². The highest BCUT2D eigenvalue weighted by Gasteiger charge is 2.24. The molecule has 1 aromatic carbocycles. The smallest absolute Gasteiger partial charge is 0.335 e. The Morgan fingerprint density at radius 2 is 1.86 bits per heavy atom. The molecule has 118 valence electrons. The predicted octanol–water partition coefficient (Wildman–Crippen LogP) is 2.06. The molecule has 0 aliphatic rings. The third kappa shape index (κ3) is 2.96. The van der Waals surface area contributed by atoms with E-state index in [1.807, 2.05) is 13.8 Å². The van der Waals surface area contributed by atoms with E-state index in [0.29, 0.717) is 11.5 Å². The number of aromatic nitrogens is 2. The molecule has 0 bridgehead atoms. The van der Waals surface area contributed by atoms with Gasteiger partial charge in [0, 0.05) is 13.0 Å². The van der Waals surface area contributed by atoms with Gasteiger partial charge in [-0.2, -0.15) is 8.42 Å². The van der Waals surface area contributed by atoms with Gasteiger partial charge in [0.05, 0.1) is 17.4 Å². The summed E-state index contributed by atoms with van der Waals surface area (Å²) in [5.41, 5.74) is 0.462. The predicted molar refractivity (Wildman–Crippen MR) is 81.7 cm³/mol. The number of benzene rings is 1. The Bertz CT molecular complexity index is 779. The number of anilines is 1. The monoisotopic (exact) mass is 323 g/mol. The van der Waals surface area contributed by atoms with Crippen LogP contribution in [0.25, 0.3) is 0 Å². The average molecular weight is 323 g/mol. The zero-order chi connectivity index (χ0) is 16.5. The first-order chi connectivity index (χ1) is 10.2. The zero-order valence-electron chi connectivity index (χ0n) is 12.4. The number of sulfonamides is 1. The second-order valence-corrected chi connectivity index (χ2v) is 7.05. The molecule has 22 heavy (non-hydrogen) atoms. The lowest BCUT2D eigenvalue weighted by Gasteiger charge is -2.18. The number of carboxylic acid groups (broad SMARTS) is 1.